The first-order valence-corrected chi connectivity index (χ1v) is 14.9. The van der Waals surface area contributed by atoms with Gasteiger partial charge < -0.3 is 14.9 Å². The van der Waals surface area contributed by atoms with Crippen LogP contribution < -0.4 is 5.32 Å². The summed E-state index contributed by atoms with van der Waals surface area (Å²) < 4.78 is 5.08. The highest BCUT2D eigenvalue weighted by atomic mass is 16.9. The summed E-state index contributed by atoms with van der Waals surface area (Å²) in [5.41, 5.74) is 2.67. The summed E-state index contributed by atoms with van der Waals surface area (Å²) in [6.07, 6.45) is 18.8. The first-order valence-electron chi connectivity index (χ1n) is 14.9. The molecular formula is C33H46N2O6. The molecule has 8 nitrogen and oxygen atoms in total. The molecule has 0 aromatic heterocycles. The maximum absolute atomic E-state index is 11.7. The molecule has 1 aliphatic carbocycles. The monoisotopic (exact) mass is 566 g/mol. The zero-order chi connectivity index (χ0) is 29.5. The molecular weight excluding hydrogens is 520 g/mol. The van der Waals surface area contributed by atoms with E-state index in [1.165, 1.54) is 63.4 Å². The van der Waals surface area contributed by atoms with E-state index >= 15 is 0 Å². The van der Waals surface area contributed by atoms with Crippen molar-refractivity contribution in [2.45, 2.75) is 97.2 Å². The maximum atomic E-state index is 11.7. The van der Waals surface area contributed by atoms with Gasteiger partial charge in [-0.3, -0.25) is 9.59 Å². The van der Waals surface area contributed by atoms with E-state index in [2.05, 4.69) is 40.5 Å². The molecule has 0 saturated heterocycles. The summed E-state index contributed by atoms with van der Waals surface area (Å²) in [6, 6.07) is 17.7. The Kier molecular flexibility index (Phi) is 17.3. The molecule has 0 radical (unpaired) electrons. The predicted octanol–water partition coefficient (Wildman–Crippen LogP) is 7.28. The van der Waals surface area contributed by atoms with Gasteiger partial charge in [0.25, 0.3) is 5.09 Å². The zero-order valence-electron chi connectivity index (χ0n) is 24.4. The number of carbonyl (C=O) groups excluding carboxylic acids is 2. The van der Waals surface area contributed by atoms with Gasteiger partial charge in [0, 0.05) is 6.42 Å². The molecule has 3 rings (SSSR count). The second-order valence-electron chi connectivity index (χ2n) is 10.4. The standard InChI is InChI=1S/C17H22N2O6.C16H24/c1-2-3-4-5-10-16(20)18-11-17(21)24-12-14-8-6-7-9-15(14)13-25-19(22)23;1-3-9-15(10-4-1)11-5-2-6-12-16-13-7-8-14-16/h2-3,6-9H,4-5,10-13H2,1H3,(H,18,20);1,3-4,9-10,16H,2,5-8,11-14H2/b3-2-;. The Bertz CT molecular complexity index is 1050. The van der Waals surface area contributed by atoms with E-state index in [1.54, 1.807) is 24.3 Å². The number of esters is 1. The number of amides is 1. The minimum absolute atomic E-state index is 0.0484. The van der Waals surface area contributed by atoms with E-state index in [0.29, 0.717) is 17.5 Å². The lowest BCUT2D eigenvalue weighted by molar-refractivity contribution is -0.763. The first kappa shape index (κ1) is 33.5. The van der Waals surface area contributed by atoms with Gasteiger partial charge in [0.2, 0.25) is 5.91 Å². The van der Waals surface area contributed by atoms with Crippen LogP contribution >= 0.6 is 0 Å². The number of carbonyl (C=O) groups is 2. The number of ether oxygens (including phenoxy) is 1. The van der Waals surface area contributed by atoms with Gasteiger partial charge >= 0.3 is 5.97 Å². The van der Waals surface area contributed by atoms with Gasteiger partial charge in [-0.25, -0.2) is 0 Å². The molecule has 1 N–H and O–H groups in total. The molecule has 1 saturated carbocycles. The highest BCUT2D eigenvalue weighted by molar-refractivity contribution is 5.81. The molecule has 0 atom stereocenters. The van der Waals surface area contributed by atoms with Crippen LogP contribution in [-0.2, 0) is 38.8 Å². The molecule has 0 aliphatic heterocycles. The van der Waals surface area contributed by atoms with Gasteiger partial charge in [-0.05, 0) is 55.2 Å². The lowest BCUT2D eigenvalue weighted by Gasteiger charge is -2.10. The minimum atomic E-state index is -0.880. The van der Waals surface area contributed by atoms with Crippen LogP contribution in [0.25, 0.3) is 0 Å². The molecule has 0 heterocycles. The molecule has 2 aromatic carbocycles. The topological polar surface area (TPSA) is 108 Å². The second-order valence-corrected chi connectivity index (χ2v) is 10.4. The normalized spacial score (nSPS) is 12.9. The molecule has 8 heteroatoms. The van der Waals surface area contributed by atoms with Crippen molar-refractivity contribution in [3.63, 3.8) is 0 Å². The average molecular weight is 567 g/mol. The molecule has 41 heavy (non-hydrogen) atoms. The molecule has 2 aromatic rings. The van der Waals surface area contributed by atoms with Crippen molar-refractivity contribution in [2.24, 2.45) is 5.92 Å². The summed E-state index contributed by atoms with van der Waals surface area (Å²) in [5.74, 6) is 0.296. The van der Waals surface area contributed by atoms with Crippen molar-refractivity contribution in [3.8, 4) is 0 Å². The van der Waals surface area contributed by atoms with Crippen LogP contribution in [0.2, 0.25) is 0 Å². The number of aryl methyl sites for hydroxylation is 1. The molecule has 1 fully saturated rings. The van der Waals surface area contributed by atoms with E-state index in [-0.39, 0.29) is 25.7 Å². The van der Waals surface area contributed by atoms with Gasteiger partial charge in [0.05, 0.1) is 0 Å². The number of unbranched alkanes of at least 4 members (excludes halogenated alkanes) is 3. The molecule has 224 valence electrons. The Morgan fingerprint density at radius 3 is 2.32 bits per heavy atom. The van der Waals surface area contributed by atoms with Crippen molar-refractivity contribution >= 4 is 11.9 Å². The van der Waals surface area contributed by atoms with Gasteiger partial charge in [-0.15, -0.1) is 10.1 Å². The van der Waals surface area contributed by atoms with Crippen molar-refractivity contribution in [1.82, 2.24) is 5.32 Å². The second kappa shape index (κ2) is 21.1. The quantitative estimate of drug-likeness (QED) is 0.0709. The van der Waals surface area contributed by atoms with Crippen LogP contribution in [0.3, 0.4) is 0 Å². The number of benzene rings is 2. The highest BCUT2D eigenvalue weighted by Gasteiger charge is 2.14. The minimum Gasteiger partial charge on any atom is -0.459 e. The van der Waals surface area contributed by atoms with Crippen LogP contribution in [0.5, 0.6) is 0 Å². The van der Waals surface area contributed by atoms with Crippen molar-refractivity contribution in [1.29, 1.82) is 0 Å². The Balaban J connectivity index is 0.000000314. The van der Waals surface area contributed by atoms with Gasteiger partial charge in [0.1, 0.15) is 19.8 Å². The summed E-state index contributed by atoms with van der Waals surface area (Å²) in [5, 5.41) is 11.9. The number of allylic oxidation sites excluding steroid dienone is 2. The lowest BCUT2D eigenvalue weighted by Crippen LogP contribution is -2.30. The predicted molar refractivity (Wildman–Crippen MR) is 160 cm³/mol. The SMILES string of the molecule is C/C=C\CCCC(=O)NCC(=O)OCc1ccccc1CO[N+](=O)[O-].c1ccc(CCCCCC2CCCC2)cc1. The Morgan fingerprint density at radius 1 is 0.951 bits per heavy atom. The summed E-state index contributed by atoms with van der Waals surface area (Å²) in [7, 11) is 0. The number of nitrogens with zero attached hydrogens (tertiary/aromatic N) is 1. The molecule has 1 aliphatic rings. The summed E-state index contributed by atoms with van der Waals surface area (Å²) in [6.45, 7) is 1.44. The van der Waals surface area contributed by atoms with Crippen LogP contribution in [0.15, 0.2) is 66.7 Å². The molecule has 1 amide bonds. The van der Waals surface area contributed by atoms with Crippen molar-refractivity contribution in [3.05, 3.63) is 93.6 Å². The van der Waals surface area contributed by atoms with E-state index in [0.717, 1.165) is 18.8 Å². The first-order chi connectivity index (χ1) is 20.0. The molecule has 0 bridgehead atoms. The summed E-state index contributed by atoms with van der Waals surface area (Å²) in [4.78, 5) is 37.8. The van der Waals surface area contributed by atoms with Gasteiger partial charge in [-0.2, -0.15) is 0 Å². The maximum Gasteiger partial charge on any atom is 0.325 e. The van der Waals surface area contributed by atoms with Crippen molar-refractivity contribution < 1.29 is 24.3 Å². The number of rotatable bonds is 17. The molecule has 0 spiro atoms. The lowest BCUT2D eigenvalue weighted by atomic mass is 9.98. The fraction of sp³-hybridized carbons (Fsp3) is 0.515. The largest absolute Gasteiger partial charge is 0.459 e. The summed E-state index contributed by atoms with van der Waals surface area (Å²) >= 11 is 0. The number of nitrogens with one attached hydrogen (secondary N) is 1. The Labute approximate surface area is 244 Å². The van der Waals surface area contributed by atoms with E-state index in [9.17, 15) is 19.7 Å². The van der Waals surface area contributed by atoms with E-state index in [4.69, 9.17) is 4.74 Å². The van der Waals surface area contributed by atoms with Crippen LogP contribution in [0.1, 0.15) is 94.2 Å². The fourth-order valence-electron chi connectivity index (χ4n) is 4.86. The van der Waals surface area contributed by atoms with Crippen LogP contribution in [0, 0.1) is 16.0 Å². The average Bonchev–Trinajstić information content (AvgIpc) is 3.51. The smallest absolute Gasteiger partial charge is 0.325 e. The van der Waals surface area contributed by atoms with Gasteiger partial charge in [0.15, 0.2) is 0 Å². The number of hydrogen-bond donors (Lipinski definition) is 1. The molecule has 0 unspecified atom stereocenters. The number of hydrogen-bond acceptors (Lipinski definition) is 6. The highest BCUT2D eigenvalue weighted by Crippen LogP contribution is 2.29. The fourth-order valence-corrected chi connectivity index (χ4v) is 4.86. The van der Waals surface area contributed by atoms with E-state index < -0.39 is 11.1 Å². The third kappa shape index (κ3) is 16.2. The zero-order valence-corrected chi connectivity index (χ0v) is 24.4. The Morgan fingerprint density at radius 2 is 1.63 bits per heavy atom. The third-order valence-corrected chi connectivity index (χ3v) is 7.17. The Hall–Kier alpha value is -3.68. The van der Waals surface area contributed by atoms with Crippen LogP contribution in [0.4, 0.5) is 0 Å². The van der Waals surface area contributed by atoms with E-state index in [1.807, 2.05) is 19.1 Å². The van der Waals surface area contributed by atoms with Gasteiger partial charge in [-0.1, -0.05) is 112 Å². The third-order valence-electron chi connectivity index (χ3n) is 7.17. The van der Waals surface area contributed by atoms with Crippen molar-refractivity contribution in [2.75, 3.05) is 6.54 Å². The van der Waals surface area contributed by atoms with Crippen LogP contribution in [-0.4, -0.2) is 23.5 Å².